The first-order chi connectivity index (χ1) is 21.4. The van der Waals surface area contributed by atoms with E-state index in [0.29, 0.717) is 55.7 Å². The number of nitrogens with one attached hydrogen (secondary N) is 2. The fourth-order valence-corrected chi connectivity index (χ4v) is 5.88. The standard InChI is InChI=1S/C32H40N8O4/c1-4-39(30(41)27-26-24(19-42-27)43-32(2,3)44-26)40-20-36-25-28(37-31(38-29(25)40)34-17-11-16-33)35-18-23(21-12-7-5-8-13-21)22-14-9-6-10-15-22/h5-10,12-15,20,23-24,26-27H,4,11,16-19,33H2,1-3H3,(H2,34,35,37,38)/t24-,26-,27-/m0/s1. The highest BCUT2D eigenvalue weighted by atomic mass is 16.8. The van der Waals surface area contributed by atoms with Crippen molar-refractivity contribution in [1.82, 2.24) is 19.6 Å². The third-order valence-electron chi connectivity index (χ3n) is 7.94. The Hall–Kier alpha value is -4.10. The highest BCUT2D eigenvalue weighted by Gasteiger charge is 2.53. The SMILES string of the molecule is CCN(C(=O)[C@H]1OC[C@@H]2OC(C)(C)O[C@@H]21)n1cnc2c(NCC(c3ccccc3)c3ccccc3)nc(NCCCN)nc21. The summed E-state index contributed by atoms with van der Waals surface area (Å²) in [6, 6.07) is 20.7. The summed E-state index contributed by atoms with van der Waals surface area (Å²) < 4.78 is 19.5. The number of likely N-dealkylation sites (N-methyl/N-ethyl adjacent to an activating group) is 1. The molecule has 232 valence electrons. The van der Waals surface area contributed by atoms with Gasteiger partial charge >= 0.3 is 0 Å². The van der Waals surface area contributed by atoms with Crippen molar-refractivity contribution in [2.75, 3.05) is 48.4 Å². The molecule has 6 rings (SSSR count). The topological polar surface area (TPSA) is 142 Å². The molecule has 44 heavy (non-hydrogen) atoms. The maximum absolute atomic E-state index is 13.9. The van der Waals surface area contributed by atoms with Crippen LogP contribution in [0.3, 0.4) is 0 Å². The van der Waals surface area contributed by atoms with Crippen molar-refractivity contribution in [1.29, 1.82) is 0 Å². The normalized spacial score (nSPS) is 20.6. The first-order valence-corrected chi connectivity index (χ1v) is 15.2. The molecule has 0 radical (unpaired) electrons. The maximum Gasteiger partial charge on any atom is 0.273 e. The molecule has 2 aliphatic rings. The molecule has 12 nitrogen and oxygen atoms in total. The lowest BCUT2D eigenvalue weighted by Gasteiger charge is -2.27. The molecule has 4 aromatic rings. The number of fused-ring (bicyclic) bond motifs is 2. The van der Waals surface area contributed by atoms with Crippen molar-refractivity contribution in [3.05, 3.63) is 78.1 Å². The van der Waals surface area contributed by atoms with E-state index in [1.54, 1.807) is 16.0 Å². The largest absolute Gasteiger partial charge is 0.367 e. The van der Waals surface area contributed by atoms with E-state index < -0.39 is 18.0 Å². The summed E-state index contributed by atoms with van der Waals surface area (Å²) in [5.41, 5.74) is 9.14. The summed E-state index contributed by atoms with van der Waals surface area (Å²) in [4.78, 5) is 28.2. The van der Waals surface area contributed by atoms with Gasteiger partial charge in [0.15, 0.2) is 28.9 Å². The Kier molecular flexibility index (Phi) is 8.76. The smallest absolute Gasteiger partial charge is 0.273 e. The second kappa shape index (κ2) is 12.9. The fraction of sp³-hybridized carbons (Fsp3) is 0.438. The quantitative estimate of drug-likeness (QED) is 0.208. The molecule has 4 N–H and O–H groups in total. The minimum absolute atomic E-state index is 0.0669. The molecule has 12 heteroatoms. The number of imidazole rings is 1. The second-order valence-corrected chi connectivity index (χ2v) is 11.4. The van der Waals surface area contributed by atoms with Crippen LogP contribution in [0, 0.1) is 0 Å². The van der Waals surface area contributed by atoms with E-state index in [0.717, 1.165) is 6.42 Å². The van der Waals surface area contributed by atoms with Gasteiger partial charge < -0.3 is 30.6 Å². The van der Waals surface area contributed by atoms with Crippen LogP contribution < -0.4 is 21.4 Å². The van der Waals surface area contributed by atoms with Gasteiger partial charge in [-0.3, -0.25) is 4.79 Å². The van der Waals surface area contributed by atoms with Crippen molar-refractivity contribution in [3.8, 4) is 0 Å². The lowest BCUT2D eigenvalue weighted by molar-refractivity contribution is -0.177. The van der Waals surface area contributed by atoms with Crippen molar-refractivity contribution in [2.24, 2.45) is 5.73 Å². The molecular weight excluding hydrogens is 560 g/mol. The van der Waals surface area contributed by atoms with Gasteiger partial charge in [0, 0.05) is 25.6 Å². The highest BCUT2D eigenvalue weighted by Crippen LogP contribution is 2.36. The number of aromatic nitrogens is 4. The minimum Gasteiger partial charge on any atom is -0.367 e. The zero-order chi connectivity index (χ0) is 30.7. The Bertz CT molecular complexity index is 1530. The molecule has 0 aliphatic carbocycles. The molecule has 0 bridgehead atoms. The Morgan fingerprint density at radius 2 is 1.77 bits per heavy atom. The number of nitrogens with zero attached hydrogens (tertiary/aromatic N) is 5. The number of nitrogens with two attached hydrogens (primary N) is 1. The highest BCUT2D eigenvalue weighted by molar-refractivity contribution is 5.93. The van der Waals surface area contributed by atoms with E-state index in [1.807, 2.05) is 57.2 Å². The number of carbonyl (C=O) groups excluding carboxylic acids is 1. The van der Waals surface area contributed by atoms with Crippen LogP contribution in [-0.4, -0.2) is 82.4 Å². The summed E-state index contributed by atoms with van der Waals surface area (Å²) in [5, 5.41) is 8.41. The van der Waals surface area contributed by atoms with Crippen molar-refractivity contribution in [3.63, 3.8) is 0 Å². The van der Waals surface area contributed by atoms with Gasteiger partial charge in [0.1, 0.15) is 18.5 Å². The molecule has 0 spiro atoms. The van der Waals surface area contributed by atoms with Gasteiger partial charge in [-0.05, 0) is 44.9 Å². The predicted molar refractivity (Wildman–Crippen MR) is 168 cm³/mol. The molecular formula is C32H40N8O4. The van der Waals surface area contributed by atoms with Crippen LogP contribution in [-0.2, 0) is 19.0 Å². The first kappa shape index (κ1) is 29.9. The first-order valence-electron chi connectivity index (χ1n) is 15.2. The van der Waals surface area contributed by atoms with Gasteiger partial charge in [-0.25, -0.2) is 14.7 Å². The lowest BCUT2D eigenvalue weighted by Crippen LogP contribution is -2.50. The van der Waals surface area contributed by atoms with Gasteiger partial charge in [0.25, 0.3) is 5.91 Å². The average Bonchev–Trinajstić information content (AvgIpc) is 3.71. The van der Waals surface area contributed by atoms with Crippen molar-refractivity contribution < 1.29 is 19.0 Å². The van der Waals surface area contributed by atoms with Gasteiger partial charge in [-0.1, -0.05) is 60.7 Å². The Labute approximate surface area is 256 Å². The van der Waals surface area contributed by atoms with Crippen LogP contribution in [0.15, 0.2) is 67.0 Å². The summed E-state index contributed by atoms with van der Waals surface area (Å²) in [5.74, 6) is 0.0276. The number of amides is 1. The van der Waals surface area contributed by atoms with E-state index in [1.165, 1.54) is 11.1 Å². The zero-order valence-corrected chi connectivity index (χ0v) is 25.3. The maximum atomic E-state index is 13.9. The predicted octanol–water partition coefficient (Wildman–Crippen LogP) is 3.23. The number of hydrogen-bond donors (Lipinski definition) is 3. The van der Waals surface area contributed by atoms with Gasteiger partial charge in [-0.2, -0.15) is 9.97 Å². The Morgan fingerprint density at radius 3 is 2.43 bits per heavy atom. The Balaban J connectivity index is 1.32. The van der Waals surface area contributed by atoms with Crippen LogP contribution >= 0.6 is 0 Å². The summed E-state index contributed by atoms with van der Waals surface area (Å²) >= 11 is 0. The molecule has 2 aromatic heterocycles. The molecule has 2 fully saturated rings. The number of anilines is 2. The average molecular weight is 601 g/mol. The van der Waals surface area contributed by atoms with Crippen LogP contribution in [0.1, 0.15) is 44.2 Å². The molecule has 1 amide bonds. The third-order valence-corrected chi connectivity index (χ3v) is 7.94. The van der Waals surface area contributed by atoms with Gasteiger partial charge in [0.05, 0.1) is 6.61 Å². The fourth-order valence-electron chi connectivity index (χ4n) is 5.88. The van der Waals surface area contributed by atoms with Gasteiger partial charge in [-0.15, -0.1) is 0 Å². The molecule has 2 aromatic carbocycles. The lowest BCUT2D eigenvalue weighted by atomic mass is 9.91. The molecule has 2 aliphatic heterocycles. The monoisotopic (exact) mass is 600 g/mol. The second-order valence-electron chi connectivity index (χ2n) is 11.4. The number of benzene rings is 2. The van der Waals surface area contributed by atoms with E-state index in [2.05, 4.69) is 39.9 Å². The van der Waals surface area contributed by atoms with Crippen LogP contribution in [0.2, 0.25) is 0 Å². The number of ether oxygens (including phenoxy) is 3. The van der Waals surface area contributed by atoms with Crippen molar-refractivity contribution >= 4 is 28.8 Å². The zero-order valence-electron chi connectivity index (χ0n) is 25.3. The summed E-state index contributed by atoms with van der Waals surface area (Å²) in [7, 11) is 0. The molecule has 0 unspecified atom stereocenters. The van der Waals surface area contributed by atoms with E-state index in [-0.39, 0.29) is 17.9 Å². The van der Waals surface area contributed by atoms with E-state index in [4.69, 9.17) is 29.9 Å². The molecule has 2 saturated heterocycles. The number of carbonyl (C=O) groups is 1. The van der Waals surface area contributed by atoms with Crippen LogP contribution in [0.25, 0.3) is 11.2 Å². The van der Waals surface area contributed by atoms with E-state index >= 15 is 0 Å². The van der Waals surface area contributed by atoms with E-state index in [9.17, 15) is 4.79 Å². The number of hydrogen-bond acceptors (Lipinski definition) is 10. The van der Waals surface area contributed by atoms with Crippen LogP contribution in [0.4, 0.5) is 11.8 Å². The Morgan fingerprint density at radius 1 is 1.07 bits per heavy atom. The van der Waals surface area contributed by atoms with Crippen LogP contribution in [0.5, 0.6) is 0 Å². The number of rotatable bonds is 12. The molecule has 3 atom stereocenters. The minimum atomic E-state index is -0.807. The molecule has 4 heterocycles. The van der Waals surface area contributed by atoms with Crippen molar-refractivity contribution in [2.45, 2.75) is 57.2 Å². The third kappa shape index (κ3) is 6.11. The summed E-state index contributed by atoms with van der Waals surface area (Å²) in [6.45, 7) is 7.96. The summed E-state index contributed by atoms with van der Waals surface area (Å²) in [6.07, 6.45) is 0.764. The van der Waals surface area contributed by atoms with Gasteiger partial charge in [0.2, 0.25) is 5.95 Å². The molecule has 0 saturated carbocycles.